The molecule has 1 aliphatic heterocycles. The van der Waals surface area contributed by atoms with Crippen LogP contribution in [0.2, 0.25) is 0 Å². The van der Waals surface area contributed by atoms with Gasteiger partial charge < -0.3 is 9.05 Å². The van der Waals surface area contributed by atoms with E-state index >= 15 is 0 Å². The van der Waals surface area contributed by atoms with Gasteiger partial charge in [-0.15, -0.1) is 0 Å². The average molecular weight is 324 g/mol. The Hall–Kier alpha value is -2.55. The molecule has 0 spiro atoms. The molecule has 1 heterocycles. The molecule has 1 N–H and O–H groups in total. The van der Waals surface area contributed by atoms with Gasteiger partial charge in [-0.2, -0.15) is 0 Å². The quantitative estimate of drug-likeness (QED) is 0.598. The SMILES string of the molecule is O=P1(O)Oc2ccccc2-c2cccc(c2)-c2ccccc2O1. The summed E-state index contributed by atoms with van der Waals surface area (Å²) in [4.78, 5) is 10.1. The molecule has 0 aromatic heterocycles. The molecule has 4 nitrogen and oxygen atoms in total. The maximum Gasteiger partial charge on any atom is 0.584 e. The van der Waals surface area contributed by atoms with Crippen molar-refractivity contribution in [1.29, 1.82) is 0 Å². The highest BCUT2D eigenvalue weighted by atomic mass is 31.2. The number of phosphoric acid groups is 1. The normalized spacial score (nSPS) is 14.7. The summed E-state index contributed by atoms with van der Waals surface area (Å²) < 4.78 is 23.0. The van der Waals surface area contributed by atoms with Crippen LogP contribution in [0.15, 0.2) is 72.8 Å². The molecular weight excluding hydrogens is 311 g/mol. The van der Waals surface area contributed by atoms with E-state index in [1.165, 1.54) is 0 Å². The number of hydrogen-bond acceptors (Lipinski definition) is 3. The van der Waals surface area contributed by atoms with Crippen LogP contribution in [0.3, 0.4) is 0 Å². The number of para-hydroxylation sites is 2. The van der Waals surface area contributed by atoms with Crippen molar-refractivity contribution in [3.05, 3.63) is 72.8 Å². The molecule has 23 heavy (non-hydrogen) atoms. The molecule has 0 unspecified atom stereocenters. The van der Waals surface area contributed by atoms with Crippen LogP contribution in [0.25, 0.3) is 22.3 Å². The Kier molecular flexibility index (Phi) is 3.22. The van der Waals surface area contributed by atoms with Crippen molar-refractivity contribution in [3.63, 3.8) is 0 Å². The molecule has 0 amide bonds. The minimum absolute atomic E-state index is 0.315. The summed E-state index contributed by atoms with van der Waals surface area (Å²) in [6.45, 7) is 0. The summed E-state index contributed by atoms with van der Waals surface area (Å²) >= 11 is 0. The summed E-state index contributed by atoms with van der Waals surface area (Å²) in [7, 11) is -4.29. The molecule has 0 radical (unpaired) electrons. The van der Waals surface area contributed by atoms with Gasteiger partial charge in [0, 0.05) is 11.1 Å². The predicted molar refractivity (Wildman–Crippen MR) is 88.4 cm³/mol. The van der Waals surface area contributed by atoms with Gasteiger partial charge in [0.2, 0.25) is 0 Å². The molecule has 0 fully saturated rings. The van der Waals surface area contributed by atoms with Crippen molar-refractivity contribution >= 4 is 7.82 Å². The fourth-order valence-electron chi connectivity index (χ4n) is 2.69. The third-order valence-electron chi connectivity index (χ3n) is 3.69. The highest BCUT2D eigenvalue weighted by Gasteiger charge is 2.28. The molecule has 0 saturated heterocycles. The first kappa shape index (κ1) is 14.1. The van der Waals surface area contributed by atoms with E-state index in [1.54, 1.807) is 24.3 Å². The van der Waals surface area contributed by atoms with Crippen LogP contribution in [0.4, 0.5) is 0 Å². The second-order valence-electron chi connectivity index (χ2n) is 5.22. The van der Waals surface area contributed by atoms with Crippen LogP contribution in [-0.4, -0.2) is 4.89 Å². The lowest BCUT2D eigenvalue weighted by Crippen LogP contribution is -2.03. The van der Waals surface area contributed by atoms with E-state index in [1.807, 2.05) is 48.5 Å². The van der Waals surface area contributed by atoms with Crippen LogP contribution < -0.4 is 9.05 Å². The van der Waals surface area contributed by atoms with Crippen LogP contribution >= 0.6 is 7.82 Å². The zero-order valence-corrected chi connectivity index (χ0v) is 12.9. The molecule has 114 valence electrons. The highest BCUT2D eigenvalue weighted by molar-refractivity contribution is 7.48. The zero-order valence-electron chi connectivity index (χ0n) is 12.0. The second kappa shape index (κ2) is 5.27. The van der Waals surface area contributed by atoms with Crippen molar-refractivity contribution in [3.8, 4) is 33.8 Å². The molecule has 5 heteroatoms. The fourth-order valence-corrected chi connectivity index (χ4v) is 3.54. The van der Waals surface area contributed by atoms with Gasteiger partial charge in [-0.25, -0.2) is 4.57 Å². The molecular formula is C18H13O4P. The lowest BCUT2D eigenvalue weighted by Gasteiger charge is -2.20. The number of hydrogen-bond donors (Lipinski definition) is 1. The van der Waals surface area contributed by atoms with Gasteiger partial charge in [-0.1, -0.05) is 54.6 Å². The Balaban J connectivity index is 2.03. The van der Waals surface area contributed by atoms with Gasteiger partial charge in [0.15, 0.2) is 0 Å². The molecule has 3 aromatic carbocycles. The van der Waals surface area contributed by atoms with E-state index in [0.29, 0.717) is 11.5 Å². The van der Waals surface area contributed by atoms with Gasteiger partial charge in [-0.3, -0.25) is 4.89 Å². The maximum absolute atomic E-state index is 12.4. The lowest BCUT2D eigenvalue weighted by molar-refractivity contribution is 0.291. The predicted octanol–water partition coefficient (Wildman–Crippen LogP) is 4.89. The first-order valence-electron chi connectivity index (χ1n) is 7.13. The Morgan fingerprint density at radius 2 is 1.17 bits per heavy atom. The Morgan fingerprint density at radius 3 is 1.70 bits per heavy atom. The van der Waals surface area contributed by atoms with E-state index in [9.17, 15) is 9.46 Å². The number of phosphoric ester groups is 1. The summed E-state index contributed by atoms with van der Waals surface area (Å²) in [5.74, 6) is 0.629. The minimum atomic E-state index is -4.29. The van der Waals surface area contributed by atoms with E-state index < -0.39 is 7.82 Å². The first-order chi connectivity index (χ1) is 11.1. The summed E-state index contributed by atoms with van der Waals surface area (Å²) in [5, 5.41) is 0. The molecule has 0 aliphatic carbocycles. The van der Waals surface area contributed by atoms with Crippen LogP contribution in [-0.2, 0) is 4.57 Å². The second-order valence-corrected chi connectivity index (χ2v) is 6.53. The Bertz CT molecular complexity index is 867. The van der Waals surface area contributed by atoms with E-state index in [-0.39, 0.29) is 0 Å². The summed E-state index contributed by atoms with van der Waals surface area (Å²) in [5.41, 5.74) is 3.31. The third-order valence-corrected chi connectivity index (χ3v) is 4.54. The topological polar surface area (TPSA) is 55.8 Å². The van der Waals surface area contributed by atoms with Gasteiger partial charge in [0.05, 0.1) is 0 Å². The fraction of sp³-hybridized carbons (Fsp3) is 0. The lowest BCUT2D eigenvalue weighted by atomic mass is 9.98. The largest absolute Gasteiger partial charge is 0.584 e. The summed E-state index contributed by atoms with van der Waals surface area (Å²) in [6.07, 6.45) is 0. The van der Waals surface area contributed by atoms with Gasteiger partial charge in [0.25, 0.3) is 0 Å². The number of fused-ring (bicyclic) bond motifs is 6. The monoisotopic (exact) mass is 324 g/mol. The Morgan fingerprint density at radius 1 is 0.696 bits per heavy atom. The molecule has 1 aliphatic rings. The van der Waals surface area contributed by atoms with Crippen molar-refractivity contribution in [2.45, 2.75) is 0 Å². The smallest absolute Gasteiger partial charge is 0.395 e. The van der Waals surface area contributed by atoms with Gasteiger partial charge >= 0.3 is 7.82 Å². The highest BCUT2D eigenvalue weighted by Crippen LogP contribution is 2.50. The van der Waals surface area contributed by atoms with Crippen molar-refractivity contribution in [1.82, 2.24) is 0 Å². The van der Waals surface area contributed by atoms with Crippen molar-refractivity contribution in [2.24, 2.45) is 0 Å². The zero-order chi connectivity index (χ0) is 15.9. The van der Waals surface area contributed by atoms with E-state index in [2.05, 4.69) is 0 Å². The molecule has 0 atom stereocenters. The number of rotatable bonds is 0. The molecule has 0 saturated carbocycles. The van der Waals surface area contributed by atoms with E-state index in [4.69, 9.17) is 9.05 Å². The third kappa shape index (κ3) is 2.63. The van der Waals surface area contributed by atoms with Crippen molar-refractivity contribution < 1.29 is 18.5 Å². The average Bonchev–Trinajstić information content (AvgIpc) is 2.54. The number of benzene rings is 3. The Labute approximate surface area is 133 Å². The van der Waals surface area contributed by atoms with Gasteiger partial charge in [0.1, 0.15) is 11.5 Å². The van der Waals surface area contributed by atoms with Crippen LogP contribution in [0.5, 0.6) is 11.5 Å². The van der Waals surface area contributed by atoms with Crippen LogP contribution in [0.1, 0.15) is 0 Å². The van der Waals surface area contributed by atoms with Crippen molar-refractivity contribution in [2.75, 3.05) is 0 Å². The molecule has 4 rings (SSSR count). The van der Waals surface area contributed by atoms with Gasteiger partial charge in [-0.05, 0) is 29.3 Å². The molecule has 3 aromatic rings. The van der Waals surface area contributed by atoms with E-state index in [0.717, 1.165) is 22.3 Å². The first-order valence-corrected chi connectivity index (χ1v) is 8.63. The standard InChI is InChI=1S/C18H13O4P/c19-23(20)21-17-10-3-1-8-15(17)13-6-5-7-14(12-13)16-9-2-4-11-18(16)22-23/h1-12H,(H,19,20). The summed E-state index contributed by atoms with van der Waals surface area (Å²) in [6, 6.07) is 22.1. The maximum atomic E-state index is 12.4. The van der Waals surface area contributed by atoms with Crippen LogP contribution in [0, 0.1) is 0 Å². The molecule has 2 bridgehead atoms. The minimum Gasteiger partial charge on any atom is -0.395 e.